The second-order valence-electron chi connectivity index (χ2n) is 5.83. The lowest BCUT2D eigenvalue weighted by molar-refractivity contribution is -0.147. The summed E-state index contributed by atoms with van der Waals surface area (Å²) in [4.78, 5) is 35.2. The SMILES string of the molecule is Cc1cccc(NC(=O)COC(=O)CNC(=O)COc2ccccc2)c1C. The van der Waals surface area contributed by atoms with Gasteiger partial charge in [0.1, 0.15) is 12.3 Å². The Labute approximate surface area is 157 Å². The summed E-state index contributed by atoms with van der Waals surface area (Å²) < 4.78 is 10.1. The second-order valence-corrected chi connectivity index (χ2v) is 5.83. The Bertz CT molecular complexity index is 805. The molecule has 27 heavy (non-hydrogen) atoms. The highest BCUT2D eigenvalue weighted by atomic mass is 16.5. The molecule has 2 rings (SSSR count). The Morgan fingerprint density at radius 3 is 2.37 bits per heavy atom. The molecule has 2 aromatic carbocycles. The molecule has 0 aliphatic heterocycles. The van der Waals surface area contributed by atoms with Crippen molar-refractivity contribution >= 4 is 23.5 Å². The number of ether oxygens (including phenoxy) is 2. The minimum atomic E-state index is -0.709. The van der Waals surface area contributed by atoms with Crippen LogP contribution in [-0.2, 0) is 19.1 Å². The number of rotatable bonds is 8. The summed E-state index contributed by atoms with van der Waals surface area (Å²) in [5.41, 5.74) is 2.66. The molecule has 7 heteroatoms. The molecular formula is C20H22N2O5. The molecule has 142 valence electrons. The number of esters is 1. The fourth-order valence-electron chi connectivity index (χ4n) is 2.16. The number of amides is 2. The van der Waals surface area contributed by atoms with Gasteiger partial charge in [0.15, 0.2) is 13.2 Å². The monoisotopic (exact) mass is 370 g/mol. The van der Waals surface area contributed by atoms with E-state index in [9.17, 15) is 14.4 Å². The van der Waals surface area contributed by atoms with E-state index in [0.717, 1.165) is 11.1 Å². The summed E-state index contributed by atoms with van der Waals surface area (Å²) in [6.45, 7) is 2.85. The third-order valence-corrected chi connectivity index (χ3v) is 3.79. The van der Waals surface area contributed by atoms with Gasteiger partial charge in [0.25, 0.3) is 11.8 Å². The van der Waals surface area contributed by atoms with Crippen molar-refractivity contribution in [1.82, 2.24) is 5.32 Å². The lowest BCUT2D eigenvalue weighted by Gasteiger charge is -2.11. The van der Waals surface area contributed by atoms with Crippen LogP contribution >= 0.6 is 0 Å². The average molecular weight is 370 g/mol. The van der Waals surface area contributed by atoms with E-state index in [1.54, 1.807) is 30.3 Å². The van der Waals surface area contributed by atoms with E-state index in [4.69, 9.17) is 9.47 Å². The Kier molecular flexibility index (Phi) is 7.37. The van der Waals surface area contributed by atoms with Gasteiger partial charge >= 0.3 is 5.97 Å². The summed E-state index contributed by atoms with van der Waals surface area (Å²) >= 11 is 0. The molecule has 0 aliphatic rings. The molecule has 2 N–H and O–H groups in total. The van der Waals surface area contributed by atoms with Gasteiger partial charge in [-0.1, -0.05) is 30.3 Å². The van der Waals surface area contributed by atoms with Gasteiger partial charge in [0.05, 0.1) is 0 Å². The fraction of sp³-hybridized carbons (Fsp3) is 0.250. The summed E-state index contributed by atoms with van der Waals surface area (Å²) in [6, 6.07) is 14.4. The maximum absolute atomic E-state index is 11.9. The van der Waals surface area contributed by atoms with E-state index in [1.165, 1.54) is 0 Å². The van der Waals surface area contributed by atoms with E-state index in [1.807, 2.05) is 32.0 Å². The van der Waals surface area contributed by atoms with Gasteiger partial charge in [-0.25, -0.2) is 0 Å². The van der Waals surface area contributed by atoms with Crippen LogP contribution in [0.25, 0.3) is 0 Å². The van der Waals surface area contributed by atoms with Gasteiger partial charge in [0.2, 0.25) is 0 Å². The molecule has 2 aromatic rings. The second kappa shape index (κ2) is 9.96. The first-order valence-corrected chi connectivity index (χ1v) is 8.42. The van der Waals surface area contributed by atoms with Gasteiger partial charge in [-0.05, 0) is 43.2 Å². The molecule has 0 unspecified atom stereocenters. The molecule has 0 radical (unpaired) electrons. The normalized spacial score (nSPS) is 10.0. The van der Waals surface area contributed by atoms with Crippen molar-refractivity contribution in [2.75, 3.05) is 25.1 Å². The highest BCUT2D eigenvalue weighted by Crippen LogP contribution is 2.17. The molecule has 0 saturated heterocycles. The predicted molar refractivity (Wildman–Crippen MR) is 100 cm³/mol. The number of benzene rings is 2. The van der Waals surface area contributed by atoms with Crippen molar-refractivity contribution in [2.45, 2.75) is 13.8 Å². The molecule has 0 heterocycles. The molecule has 0 aromatic heterocycles. The van der Waals surface area contributed by atoms with Crippen LogP contribution in [0, 0.1) is 13.8 Å². The van der Waals surface area contributed by atoms with E-state index in [2.05, 4.69) is 10.6 Å². The lowest BCUT2D eigenvalue weighted by atomic mass is 10.1. The Morgan fingerprint density at radius 1 is 0.889 bits per heavy atom. The van der Waals surface area contributed by atoms with Crippen molar-refractivity contribution in [3.8, 4) is 5.75 Å². The van der Waals surface area contributed by atoms with Crippen molar-refractivity contribution in [3.05, 3.63) is 59.7 Å². The summed E-state index contributed by atoms with van der Waals surface area (Å²) in [6.07, 6.45) is 0. The largest absolute Gasteiger partial charge is 0.484 e. The number of aryl methyl sites for hydroxylation is 1. The van der Waals surface area contributed by atoms with Crippen LogP contribution in [0.4, 0.5) is 5.69 Å². The zero-order chi connectivity index (χ0) is 19.6. The van der Waals surface area contributed by atoms with Gasteiger partial charge in [-0.2, -0.15) is 0 Å². The number of nitrogens with one attached hydrogen (secondary N) is 2. The molecule has 0 fully saturated rings. The van der Waals surface area contributed by atoms with E-state index >= 15 is 0 Å². The highest BCUT2D eigenvalue weighted by molar-refractivity contribution is 5.94. The van der Waals surface area contributed by atoms with Crippen LogP contribution in [-0.4, -0.2) is 37.5 Å². The fourth-order valence-corrected chi connectivity index (χ4v) is 2.16. The maximum atomic E-state index is 11.9. The first-order chi connectivity index (χ1) is 13.0. The molecule has 2 amide bonds. The Morgan fingerprint density at radius 2 is 1.63 bits per heavy atom. The Hall–Kier alpha value is -3.35. The predicted octanol–water partition coefficient (Wildman–Crippen LogP) is 1.98. The van der Waals surface area contributed by atoms with Crippen LogP contribution < -0.4 is 15.4 Å². The van der Waals surface area contributed by atoms with Gasteiger partial charge in [0, 0.05) is 5.69 Å². The van der Waals surface area contributed by atoms with Gasteiger partial charge in [-0.3, -0.25) is 14.4 Å². The lowest BCUT2D eigenvalue weighted by Crippen LogP contribution is -2.35. The number of para-hydroxylation sites is 1. The van der Waals surface area contributed by atoms with Crippen molar-refractivity contribution in [2.24, 2.45) is 0 Å². The first kappa shape index (κ1) is 20.0. The quantitative estimate of drug-likeness (QED) is 0.693. The van der Waals surface area contributed by atoms with Crippen LogP contribution in [0.3, 0.4) is 0 Å². The third kappa shape index (κ3) is 6.81. The molecule has 7 nitrogen and oxygen atoms in total. The summed E-state index contributed by atoms with van der Waals surface area (Å²) in [5, 5.41) is 5.06. The molecule has 0 aliphatic carbocycles. The van der Waals surface area contributed by atoms with Crippen LogP contribution in [0.5, 0.6) is 5.75 Å². The van der Waals surface area contributed by atoms with Crippen LogP contribution in [0.15, 0.2) is 48.5 Å². The summed E-state index contributed by atoms with van der Waals surface area (Å²) in [7, 11) is 0. The number of hydrogen-bond donors (Lipinski definition) is 2. The van der Waals surface area contributed by atoms with Gasteiger partial charge in [-0.15, -0.1) is 0 Å². The first-order valence-electron chi connectivity index (χ1n) is 8.42. The number of carbonyl (C=O) groups excluding carboxylic acids is 3. The van der Waals surface area contributed by atoms with Crippen LogP contribution in [0.2, 0.25) is 0 Å². The number of hydrogen-bond acceptors (Lipinski definition) is 5. The molecule has 0 bridgehead atoms. The van der Waals surface area contributed by atoms with Crippen molar-refractivity contribution < 1.29 is 23.9 Å². The van der Waals surface area contributed by atoms with Crippen molar-refractivity contribution in [1.29, 1.82) is 0 Å². The van der Waals surface area contributed by atoms with E-state index < -0.39 is 24.4 Å². The number of carbonyl (C=O) groups is 3. The van der Waals surface area contributed by atoms with E-state index in [-0.39, 0.29) is 13.2 Å². The van der Waals surface area contributed by atoms with Crippen molar-refractivity contribution in [3.63, 3.8) is 0 Å². The van der Waals surface area contributed by atoms with Gasteiger partial charge < -0.3 is 20.1 Å². The van der Waals surface area contributed by atoms with Crippen LogP contribution in [0.1, 0.15) is 11.1 Å². The molecular weight excluding hydrogens is 348 g/mol. The zero-order valence-electron chi connectivity index (χ0n) is 15.3. The zero-order valence-corrected chi connectivity index (χ0v) is 15.3. The molecule has 0 atom stereocenters. The highest BCUT2D eigenvalue weighted by Gasteiger charge is 2.11. The topological polar surface area (TPSA) is 93.7 Å². The molecule has 0 saturated carbocycles. The third-order valence-electron chi connectivity index (χ3n) is 3.79. The smallest absolute Gasteiger partial charge is 0.325 e. The Balaban J connectivity index is 1.66. The minimum absolute atomic E-state index is 0.218. The van der Waals surface area contributed by atoms with E-state index in [0.29, 0.717) is 11.4 Å². The average Bonchev–Trinajstić information content (AvgIpc) is 2.67. The number of anilines is 1. The standard InChI is InChI=1S/C20H22N2O5/c1-14-7-6-10-17(15(14)2)22-19(24)13-27-20(25)11-21-18(23)12-26-16-8-4-3-5-9-16/h3-10H,11-13H2,1-2H3,(H,21,23)(H,22,24). The summed E-state index contributed by atoms with van der Waals surface area (Å²) in [5.74, 6) is -1.07. The minimum Gasteiger partial charge on any atom is -0.484 e. The maximum Gasteiger partial charge on any atom is 0.325 e. The molecule has 0 spiro atoms.